The monoisotopic (exact) mass is 485 g/mol. The van der Waals surface area contributed by atoms with Gasteiger partial charge in [-0.1, -0.05) is 6.07 Å². The highest BCUT2D eigenvalue weighted by Gasteiger charge is 2.64. The van der Waals surface area contributed by atoms with Gasteiger partial charge in [0.1, 0.15) is 11.4 Å². The van der Waals surface area contributed by atoms with E-state index >= 15 is 0 Å². The van der Waals surface area contributed by atoms with E-state index in [2.05, 4.69) is 16.3 Å². The third-order valence-electron chi connectivity index (χ3n) is 8.61. The summed E-state index contributed by atoms with van der Waals surface area (Å²) in [5.41, 5.74) is 0.616. The Morgan fingerprint density at radius 3 is 2.57 bits per heavy atom. The minimum absolute atomic E-state index is 0.0162. The lowest BCUT2D eigenvalue weighted by Crippen LogP contribution is -2.71. The fourth-order valence-electron chi connectivity index (χ4n) is 6.86. The zero-order valence-electron chi connectivity index (χ0n) is 21.4. The summed E-state index contributed by atoms with van der Waals surface area (Å²) in [5, 5.41) is 15.5. The van der Waals surface area contributed by atoms with Crippen molar-refractivity contribution in [2.45, 2.75) is 82.0 Å². The van der Waals surface area contributed by atoms with Gasteiger partial charge < -0.3 is 24.8 Å². The molecule has 192 valence electrons. The van der Waals surface area contributed by atoms with Crippen molar-refractivity contribution < 1.29 is 24.2 Å². The Morgan fingerprint density at radius 2 is 1.91 bits per heavy atom. The number of hydrogen-bond donors (Lipinski definition) is 2. The molecule has 8 nitrogen and oxygen atoms in total. The Balaban J connectivity index is 1.59. The van der Waals surface area contributed by atoms with Crippen LogP contribution in [0.4, 0.5) is 10.5 Å². The van der Waals surface area contributed by atoms with Gasteiger partial charge in [-0.2, -0.15) is 0 Å². The molecule has 2 amide bonds. The van der Waals surface area contributed by atoms with Gasteiger partial charge >= 0.3 is 6.09 Å². The van der Waals surface area contributed by atoms with Crippen LogP contribution in [-0.4, -0.2) is 77.9 Å². The van der Waals surface area contributed by atoms with Gasteiger partial charge in [0.15, 0.2) is 0 Å². The van der Waals surface area contributed by atoms with E-state index in [4.69, 9.17) is 9.47 Å². The Hall–Kier alpha value is -2.32. The molecular weight excluding hydrogens is 446 g/mol. The second-order valence-corrected chi connectivity index (χ2v) is 11.8. The molecule has 1 aromatic rings. The first-order valence-electron chi connectivity index (χ1n) is 13.0. The zero-order chi connectivity index (χ0) is 25.0. The van der Waals surface area contributed by atoms with Gasteiger partial charge in [0, 0.05) is 36.7 Å². The summed E-state index contributed by atoms with van der Waals surface area (Å²) in [7, 11) is 1.62. The smallest absolute Gasteiger partial charge is 0.410 e. The van der Waals surface area contributed by atoms with Crippen molar-refractivity contribution in [3.8, 4) is 5.75 Å². The van der Waals surface area contributed by atoms with E-state index in [-0.39, 0.29) is 12.1 Å². The van der Waals surface area contributed by atoms with Crippen LogP contribution in [0.3, 0.4) is 0 Å². The molecule has 1 saturated carbocycles. The van der Waals surface area contributed by atoms with Crippen LogP contribution in [0.15, 0.2) is 12.1 Å². The number of anilines is 1. The van der Waals surface area contributed by atoms with Crippen LogP contribution in [0.25, 0.3) is 0 Å². The van der Waals surface area contributed by atoms with Gasteiger partial charge in [-0.25, -0.2) is 4.79 Å². The van der Waals surface area contributed by atoms with Crippen molar-refractivity contribution in [3.63, 3.8) is 0 Å². The fourth-order valence-corrected chi connectivity index (χ4v) is 6.86. The van der Waals surface area contributed by atoms with Crippen LogP contribution in [0.2, 0.25) is 0 Å². The molecule has 5 rings (SSSR count). The first-order valence-corrected chi connectivity index (χ1v) is 13.0. The van der Waals surface area contributed by atoms with Gasteiger partial charge in [-0.15, -0.1) is 0 Å². The Labute approximate surface area is 207 Å². The number of carbonyl (C=O) groups is 2. The summed E-state index contributed by atoms with van der Waals surface area (Å²) in [6.45, 7) is 8.51. The Bertz CT molecular complexity index is 1000. The molecule has 3 fully saturated rings. The van der Waals surface area contributed by atoms with Gasteiger partial charge in [0.25, 0.3) is 0 Å². The number of nitrogens with zero attached hydrogens (tertiary/aromatic N) is 2. The molecule has 2 N–H and O–H groups in total. The normalized spacial score (nSPS) is 30.5. The van der Waals surface area contributed by atoms with E-state index in [0.29, 0.717) is 43.8 Å². The van der Waals surface area contributed by atoms with E-state index < -0.39 is 16.6 Å². The summed E-state index contributed by atoms with van der Waals surface area (Å²) in [6.07, 6.45) is 5.47. The molecule has 1 aromatic carbocycles. The molecule has 8 heteroatoms. The summed E-state index contributed by atoms with van der Waals surface area (Å²) in [4.78, 5) is 28.6. The standard InChI is InChI=1S/C27H39N3O5/c1-25(2,3)35-24(32)29-12-9-26-10-13-30(16-18-5-6-18)21(27(26,33)11-14-29)15-19-7-8-20(28-17-31)23(34-4)22(19)26/h7-8,17-18,21,33H,5-6,9-16H2,1-4H3,(H,28,31)/t21-,26+,27-/m1/s1. The second kappa shape index (κ2) is 8.66. The predicted octanol–water partition coefficient (Wildman–Crippen LogP) is 3.30. The maximum atomic E-state index is 13.0. The molecule has 3 atom stereocenters. The lowest BCUT2D eigenvalue weighted by molar-refractivity contribution is -0.149. The van der Waals surface area contributed by atoms with E-state index in [1.165, 1.54) is 18.4 Å². The number of piperidine rings is 1. The number of nitrogens with one attached hydrogen (secondary N) is 1. The lowest BCUT2D eigenvalue weighted by atomic mass is 9.52. The third-order valence-corrected chi connectivity index (χ3v) is 8.61. The number of ether oxygens (including phenoxy) is 2. The number of carbonyl (C=O) groups excluding carboxylic acids is 2. The average molecular weight is 486 g/mol. The second-order valence-electron chi connectivity index (χ2n) is 11.8. The molecule has 2 bridgehead atoms. The van der Waals surface area contributed by atoms with Crippen molar-refractivity contribution in [2.75, 3.05) is 38.6 Å². The molecular formula is C27H39N3O5. The zero-order valence-corrected chi connectivity index (χ0v) is 21.4. The topological polar surface area (TPSA) is 91.3 Å². The maximum absolute atomic E-state index is 13.0. The highest BCUT2D eigenvalue weighted by Crippen LogP contribution is 2.59. The van der Waals surface area contributed by atoms with Crippen LogP contribution in [-0.2, 0) is 21.4 Å². The van der Waals surface area contributed by atoms with Crippen LogP contribution in [0.5, 0.6) is 5.75 Å². The molecule has 2 heterocycles. The van der Waals surface area contributed by atoms with Crippen molar-refractivity contribution in [1.29, 1.82) is 0 Å². The summed E-state index contributed by atoms with van der Waals surface area (Å²) in [6, 6.07) is 3.96. The third kappa shape index (κ3) is 4.08. The van der Waals surface area contributed by atoms with E-state index in [0.717, 1.165) is 37.4 Å². The van der Waals surface area contributed by atoms with E-state index in [1.54, 1.807) is 12.0 Å². The lowest BCUT2D eigenvalue weighted by Gasteiger charge is -2.61. The SMILES string of the molecule is COc1c(NC=O)ccc2c1[C@@]13CCN(C(=O)OC(C)(C)C)CC[C@@]1(O)[C@@H](C2)N(CC1CC1)CC3. The molecule has 2 saturated heterocycles. The average Bonchev–Trinajstić information content (AvgIpc) is 3.61. The first kappa shape index (κ1) is 24.4. The van der Waals surface area contributed by atoms with Crippen molar-refractivity contribution in [1.82, 2.24) is 9.80 Å². The van der Waals surface area contributed by atoms with Gasteiger partial charge in [0.2, 0.25) is 6.41 Å². The number of hydrogen-bond acceptors (Lipinski definition) is 6. The van der Waals surface area contributed by atoms with E-state index in [1.807, 2.05) is 26.8 Å². The molecule has 0 spiro atoms. The largest absolute Gasteiger partial charge is 0.494 e. The molecule has 0 radical (unpaired) electrons. The number of benzene rings is 1. The summed E-state index contributed by atoms with van der Waals surface area (Å²) >= 11 is 0. The van der Waals surface area contributed by atoms with Crippen molar-refractivity contribution in [3.05, 3.63) is 23.3 Å². The van der Waals surface area contributed by atoms with Crippen LogP contribution in [0, 0.1) is 5.92 Å². The Kier molecular flexibility index (Phi) is 6.03. The number of aliphatic hydroxyl groups is 1. The van der Waals surface area contributed by atoms with Crippen molar-refractivity contribution >= 4 is 18.2 Å². The van der Waals surface area contributed by atoms with Crippen LogP contribution < -0.4 is 10.1 Å². The number of methoxy groups -OCH3 is 1. The molecule has 2 aliphatic carbocycles. The number of likely N-dealkylation sites (tertiary alicyclic amines) is 2. The minimum atomic E-state index is -1.02. The highest BCUT2D eigenvalue weighted by atomic mass is 16.6. The number of fused-ring (bicyclic) bond motifs is 1. The van der Waals surface area contributed by atoms with Crippen LogP contribution >= 0.6 is 0 Å². The van der Waals surface area contributed by atoms with Gasteiger partial charge in [-0.05, 0) is 83.4 Å². The highest BCUT2D eigenvalue weighted by molar-refractivity contribution is 5.78. The van der Waals surface area contributed by atoms with Gasteiger partial charge in [0.05, 0.1) is 18.4 Å². The van der Waals surface area contributed by atoms with Crippen LogP contribution in [0.1, 0.15) is 64.0 Å². The minimum Gasteiger partial charge on any atom is -0.494 e. The molecule has 0 unspecified atom stereocenters. The quantitative estimate of drug-likeness (QED) is 0.622. The van der Waals surface area contributed by atoms with Crippen molar-refractivity contribution in [2.24, 2.45) is 5.92 Å². The first-order chi connectivity index (χ1) is 16.6. The van der Waals surface area contributed by atoms with E-state index in [9.17, 15) is 14.7 Å². The Morgan fingerprint density at radius 1 is 1.20 bits per heavy atom. The summed E-state index contributed by atoms with van der Waals surface area (Å²) in [5.74, 6) is 1.36. The molecule has 4 aliphatic rings. The predicted molar refractivity (Wildman–Crippen MR) is 133 cm³/mol. The maximum Gasteiger partial charge on any atom is 0.410 e. The number of rotatable bonds is 5. The van der Waals surface area contributed by atoms with Gasteiger partial charge in [-0.3, -0.25) is 9.69 Å². The molecule has 2 aliphatic heterocycles. The summed E-state index contributed by atoms with van der Waals surface area (Å²) < 4.78 is 11.6. The fraction of sp³-hybridized carbons (Fsp3) is 0.704. The molecule has 0 aromatic heterocycles. The molecule has 35 heavy (non-hydrogen) atoms. The number of amides is 2.